The fraction of sp³-hybridized carbons (Fsp3) is 0.400. The molecule has 0 spiro atoms. The monoisotopic (exact) mass is 355 g/mol. The predicted octanol–water partition coefficient (Wildman–Crippen LogP) is 2.57. The Morgan fingerprint density at radius 1 is 1.35 bits per heavy atom. The SMILES string of the molecule is CCc1cccc(C)c1Sc1c(OC)cnn1S(=O)(=O)N(C)C. The normalized spacial score (nSPS) is 11.9. The van der Waals surface area contributed by atoms with E-state index in [9.17, 15) is 8.42 Å². The van der Waals surface area contributed by atoms with Crippen LogP contribution in [0.2, 0.25) is 0 Å². The van der Waals surface area contributed by atoms with Crippen molar-refractivity contribution in [2.75, 3.05) is 21.2 Å². The molecule has 2 aromatic rings. The molecule has 0 amide bonds. The molecule has 0 N–H and O–H groups in total. The minimum atomic E-state index is -3.71. The molecular formula is C15H21N3O3S2. The second-order valence-electron chi connectivity index (χ2n) is 5.17. The molecule has 0 unspecified atom stereocenters. The zero-order valence-corrected chi connectivity index (χ0v) is 15.5. The topological polar surface area (TPSA) is 64.4 Å². The van der Waals surface area contributed by atoms with Gasteiger partial charge in [-0.05, 0) is 24.5 Å². The molecule has 126 valence electrons. The minimum Gasteiger partial charge on any atom is -0.492 e. The number of aromatic nitrogens is 2. The van der Waals surface area contributed by atoms with Gasteiger partial charge in [-0.2, -0.15) is 17.8 Å². The maximum Gasteiger partial charge on any atom is 0.323 e. The first-order valence-corrected chi connectivity index (χ1v) is 9.35. The number of rotatable bonds is 6. The lowest BCUT2D eigenvalue weighted by atomic mass is 10.1. The molecule has 0 aliphatic rings. The van der Waals surface area contributed by atoms with Gasteiger partial charge in [-0.3, -0.25) is 0 Å². The molecule has 0 aliphatic carbocycles. The zero-order chi connectivity index (χ0) is 17.2. The lowest BCUT2D eigenvalue weighted by Crippen LogP contribution is -2.30. The van der Waals surface area contributed by atoms with Crippen molar-refractivity contribution in [3.8, 4) is 5.75 Å². The van der Waals surface area contributed by atoms with Gasteiger partial charge in [0.15, 0.2) is 10.8 Å². The zero-order valence-electron chi connectivity index (χ0n) is 13.9. The molecule has 0 aliphatic heterocycles. The molecule has 0 saturated heterocycles. The first kappa shape index (κ1) is 17.8. The van der Waals surface area contributed by atoms with Gasteiger partial charge in [0.2, 0.25) is 0 Å². The van der Waals surface area contributed by atoms with Crippen molar-refractivity contribution in [3.63, 3.8) is 0 Å². The Bertz CT molecular complexity index is 798. The summed E-state index contributed by atoms with van der Waals surface area (Å²) < 4.78 is 32.4. The molecule has 1 aromatic carbocycles. The fourth-order valence-electron chi connectivity index (χ4n) is 2.09. The number of methoxy groups -OCH3 is 1. The lowest BCUT2D eigenvalue weighted by Gasteiger charge is -2.16. The molecular weight excluding hydrogens is 334 g/mol. The highest BCUT2D eigenvalue weighted by atomic mass is 32.2. The number of aryl methyl sites for hydroxylation is 2. The van der Waals surface area contributed by atoms with Crippen molar-refractivity contribution in [3.05, 3.63) is 35.5 Å². The summed E-state index contributed by atoms with van der Waals surface area (Å²) in [7, 11) is 0.746. The van der Waals surface area contributed by atoms with Gasteiger partial charge in [0, 0.05) is 19.0 Å². The van der Waals surface area contributed by atoms with Crippen molar-refractivity contribution in [2.24, 2.45) is 0 Å². The Morgan fingerprint density at radius 2 is 2.04 bits per heavy atom. The predicted molar refractivity (Wildman–Crippen MR) is 91.5 cm³/mol. The number of hydrogen-bond acceptors (Lipinski definition) is 5. The third-order valence-electron chi connectivity index (χ3n) is 3.44. The first-order valence-electron chi connectivity index (χ1n) is 7.14. The van der Waals surface area contributed by atoms with E-state index in [1.54, 1.807) is 0 Å². The number of benzene rings is 1. The van der Waals surface area contributed by atoms with Gasteiger partial charge in [-0.1, -0.05) is 36.9 Å². The van der Waals surface area contributed by atoms with Crippen molar-refractivity contribution < 1.29 is 13.2 Å². The van der Waals surface area contributed by atoms with Crippen LogP contribution in [0.15, 0.2) is 34.3 Å². The maximum absolute atomic E-state index is 12.5. The molecule has 1 heterocycles. The lowest BCUT2D eigenvalue weighted by molar-refractivity contribution is 0.402. The summed E-state index contributed by atoms with van der Waals surface area (Å²) in [5.41, 5.74) is 2.25. The highest BCUT2D eigenvalue weighted by Gasteiger charge is 2.26. The Morgan fingerprint density at radius 3 is 2.61 bits per heavy atom. The van der Waals surface area contributed by atoms with Crippen LogP contribution in [0.3, 0.4) is 0 Å². The van der Waals surface area contributed by atoms with Crippen molar-refractivity contribution in [2.45, 2.75) is 30.2 Å². The van der Waals surface area contributed by atoms with E-state index in [0.717, 1.165) is 30.8 Å². The highest BCUT2D eigenvalue weighted by molar-refractivity contribution is 8.00. The molecule has 8 heteroatoms. The van der Waals surface area contributed by atoms with Crippen LogP contribution in [0, 0.1) is 6.92 Å². The van der Waals surface area contributed by atoms with Gasteiger partial charge in [0.05, 0.1) is 13.3 Å². The first-order chi connectivity index (χ1) is 10.8. The standard InChI is InChI=1S/C15H21N3O3S2/c1-6-12-9-7-8-11(2)14(12)22-15-13(21-5)10-16-18(15)23(19,20)17(3)4/h7-10H,6H2,1-5H3. The Labute approximate surface area is 141 Å². The second kappa shape index (κ2) is 6.94. The summed E-state index contributed by atoms with van der Waals surface area (Å²) in [5.74, 6) is 0.436. The number of ether oxygens (including phenoxy) is 1. The third kappa shape index (κ3) is 3.39. The van der Waals surface area contributed by atoms with Crippen LogP contribution in [0.25, 0.3) is 0 Å². The molecule has 0 atom stereocenters. The van der Waals surface area contributed by atoms with Gasteiger partial charge < -0.3 is 4.74 Å². The van der Waals surface area contributed by atoms with E-state index in [1.165, 1.54) is 39.2 Å². The second-order valence-corrected chi connectivity index (χ2v) is 8.14. The quantitative estimate of drug-likeness (QED) is 0.797. The molecule has 0 fully saturated rings. The van der Waals surface area contributed by atoms with E-state index in [4.69, 9.17) is 4.74 Å². The smallest absolute Gasteiger partial charge is 0.323 e. The molecule has 23 heavy (non-hydrogen) atoms. The van der Waals surface area contributed by atoms with Gasteiger partial charge >= 0.3 is 10.2 Å². The van der Waals surface area contributed by atoms with Gasteiger partial charge in [0.25, 0.3) is 0 Å². The van der Waals surface area contributed by atoms with E-state index in [2.05, 4.69) is 12.0 Å². The molecule has 0 radical (unpaired) electrons. The summed E-state index contributed by atoms with van der Waals surface area (Å²) in [4.78, 5) is 1.03. The third-order valence-corrected chi connectivity index (χ3v) is 6.55. The number of hydrogen-bond donors (Lipinski definition) is 0. The van der Waals surface area contributed by atoms with E-state index in [1.807, 2.05) is 25.1 Å². The maximum atomic E-state index is 12.5. The van der Waals surface area contributed by atoms with Crippen molar-refractivity contribution in [1.82, 2.24) is 13.5 Å². The van der Waals surface area contributed by atoms with Crippen LogP contribution >= 0.6 is 11.8 Å². The summed E-state index contributed by atoms with van der Waals surface area (Å²) in [6.07, 6.45) is 2.29. The largest absolute Gasteiger partial charge is 0.492 e. The van der Waals surface area contributed by atoms with Crippen LogP contribution in [-0.4, -0.2) is 43.1 Å². The highest BCUT2D eigenvalue weighted by Crippen LogP contribution is 2.39. The summed E-state index contributed by atoms with van der Waals surface area (Å²) in [6, 6.07) is 6.06. The van der Waals surface area contributed by atoms with E-state index >= 15 is 0 Å². The van der Waals surface area contributed by atoms with Crippen molar-refractivity contribution >= 4 is 22.0 Å². The average molecular weight is 355 g/mol. The van der Waals surface area contributed by atoms with Crippen LogP contribution in [0.1, 0.15) is 18.1 Å². The van der Waals surface area contributed by atoms with Gasteiger partial charge in [-0.15, -0.1) is 4.09 Å². The number of nitrogens with zero attached hydrogens (tertiary/aromatic N) is 3. The minimum absolute atomic E-state index is 0.436. The average Bonchev–Trinajstić information content (AvgIpc) is 2.92. The molecule has 0 saturated carbocycles. The van der Waals surface area contributed by atoms with Crippen LogP contribution in [-0.2, 0) is 16.6 Å². The Hall–Kier alpha value is -1.51. The van der Waals surface area contributed by atoms with Crippen LogP contribution in [0.5, 0.6) is 5.75 Å². The molecule has 1 aromatic heterocycles. The van der Waals surface area contributed by atoms with E-state index in [0.29, 0.717) is 10.8 Å². The van der Waals surface area contributed by atoms with E-state index < -0.39 is 10.2 Å². The Kier molecular flexibility index (Phi) is 5.38. The summed E-state index contributed by atoms with van der Waals surface area (Å²) >= 11 is 1.36. The van der Waals surface area contributed by atoms with Crippen LogP contribution in [0.4, 0.5) is 0 Å². The molecule has 6 nitrogen and oxygen atoms in total. The summed E-state index contributed by atoms with van der Waals surface area (Å²) in [5, 5.41) is 4.45. The molecule has 2 rings (SSSR count). The van der Waals surface area contributed by atoms with E-state index in [-0.39, 0.29) is 0 Å². The van der Waals surface area contributed by atoms with Crippen molar-refractivity contribution in [1.29, 1.82) is 0 Å². The van der Waals surface area contributed by atoms with Gasteiger partial charge in [0.1, 0.15) is 0 Å². The fourth-order valence-corrected chi connectivity index (χ4v) is 4.39. The van der Waals surface area contributed by atoms with Crippen LogP contribution < -0.4 is 4.74 Å². The summed E-state index contributed by atoms with van der Waals surface area (Å²) in [6.45, 7) is 4.08. The Balaban J connectivity index is 2.59. The van der Waals surface area contributed by atoms with Gasteiger partial charge in [-0.25, -0.2) is 0 Å². The molecule has 0 bridgehead atoms.